The van der Waals surface area contributed by atoms with E-state index in [0.717, 1.165) is 29.8 Å². The number of pyridine rings is 1. The van der Waals surface area contributed by atoms with Gasteiger partial charge >= 0.3 is 0 Å². The minimum Gasteiger partial charge on any atom is -0.271 e. The zero-order valence-electron chi connectivity index (χ0n) is 12.4. The van der Waals surface area contributed by atoms with Crippen molar-refractivity contribution >= 4 is 0 Å². The highest BCUT2D eigenvalue weighted by Gasteiger charge is 2.15. The fraction of sp³-hybridized carbons (Fsp3) is 0.467. The standard InChI is InChI=1S/C15H23N5/c1-4-11(2)20-9-7-13(19-20)10-15(18-16)14-6-5-8-17-12(14)3/h5-9,11,15,18H,4,10,16H2,1-3H3. The Morgan fingerprint density at radius 2 is 2.20 bits per heavy atom. The Kier molecular flexibility index (Phi) is 4.87. The predicted octanol–water partition coefficient (Wildman–Crippen LogP) is 2.30. The van der Waals surface area contributed by atoms with Crippen LogP contribution in [0.15, 0.2) is 30.6 Å². The van der Waals surface area contributed by atoms with Crippen LogP contribution in [-0.4, -0.2) is 14.8 Å². The van der Waals surface area contributed by atoms with Gasteiger partial charge in [0.2, 0.25) is 0 Å². The van der Waals surface area contributed by atoms with Crippen molar-refractivity contribution in [2.45, 2.75) is 45.7 Å². The lowest BCUT2D eigenvalue weighted by atomic mass is 10.0. The smallest absolute Gasteiger partial charge is 0.0644 e. The topological polar surface area (TPSA) is 68.8 Å². The summed E-state index contributed by atoms with van der Waals surface area (Å²) in [7, 11) is 0. The fourth-order valence-corrected chi connectivity index (χ4v) is 2.25. The second-order valence-corrected chi connectivity index (χ2v) is 5.15. The summed E-state index contributed by atoms with van der Waals surface area (Å²) in [6.45, 7) is 6.33. The van der Waals surface area contributed by atoms with E-state index in [0.29, 0.717) is 6.04 Å². The van der Waals surface area contributed by atoms with Gasteiger partial charge in [-0.3, -0.25) is 20.9 Å². The van der Waals surface area contributed by atoms with Crippen LogP contribution in [0.1, 0.15) is 49.3 Å². The minimum atomic E-state index is 0.0315. The van der Waals surface area contributed by atoms with Gasteiger partial charge in [0, 0.05) is 30.6 Å². The third-order valence-corrected chi connectivity index (χ3v) is 3.74. The molecule has 0 aromatic carbocycles. The largest absolute Gasteiger partial charge is 0.271 e. The fourth-order valence-electron chi connectivity index (χ4n) is 2.25. The highest BCUT2D eigenvalue weighted by Crippen LogP contribution is 2.19. The Morgan fingerprint density at radius 3 is 2.85 bits per heavy atom. The molecule has 5 heteroatoms. The zero-order valence-corrected chi connectivity index (χ0v) is 12.4. The highest BCUT2D eigenvalue weighted by atomic mass is 15.3. The van der Waals surface area contributed by atoms with Gasteiger partial charge in [-0.2, -0.15) is 5.10 Å². The second kappa shape index (κ2) is 6.63. The van der Waals surface area contributed by atoms with Gasteiger partial charge in [-0.1, -0.05) is 13.0 Å². The SMILES string of the molecule is CCC(C)n1ccc(CC(NN)c2cccnc2C)n1. The van der Waals surface area contributed by atoms with Crippen molar-refractivity contribution < 1.29 is 0 Å². The molecule has 2 aromatic rings. The Labute approximate surface area is 120 Å². The van der Waals surface area contributed by atoms with E-state index in [2.05, 4.69) is 41.5 Å². The maximum absolute atomic E-state index is 5.70. The van der Waals surface area contributed by atoms with Crippen LogP contribution in [0.25, 0.3) is 0 Å². The molecule has 2 rings (SSSR count). The number of nitrogens with two attached hydrogens (primary N) is 1. The molecule has 3 N–H and O–H groups in total. The van der Waals surface area contributed by atoms with Crippen LogP contribution in [0.5, 0.6) is 0 Å². The molecule has 0 aliphatic carbocycles. The molecule has 0 fully saturated rings. The summed E-state index contributed by atoms with van der Waals surface area (Å²) < 4.78 is 2.01. The number of hydrogen-bond donors (Lipinski definition) is 2. The van der Waals surface area contributed by atoms with Gasteiger partial charge in [-0.05, 0) is 38.0 Å². The van der Waals surface area contributed by atoms with Crippen molar-refractivity contribution in [2.75, 3.05) is 0 Å². The van der Waals surface area contributed by atoms with E-state index in [4.69, 9.17) is 5.84 Å². The quantitative estimate of drug-likeness (QED) is 0.626. The monoisotopic (exact) mass is 273 g/mol. The molecular weight excluding hydrogens is 250 g/mol. The summed E-state index contributed by atoms with van der Waals surface area (Å²) in [5.41, 5.74) is 6.02. The van der Waals surface area contributed by atoms with Gasteiger partial charge in [0.15, 0.2) is 0 Å². The molecule has 2 unspecified atom stereocenters. The van der Waals surface area contributed by atoms with Crippen LogP contribution in [0.4, 0.5) is 0 Å². The summed E-state index contributed by atoms with van der Waals surface area (Å²) in [5.74, 6) is 5.70. The Hall–Kier alpha value is -1.72. The van der Waals surface area contributed by atoms with Gasteiger partial charge in [0.05, 0.1) is 11.7 Å². The maximum Gasteiger partial charge on any atom is 0.0644 e. The molecule has 2 atom stereocenters. The molecule has 20 heavy (non-hydrogen) atoms. The number of rotatable bonds is 6. The van der Waals surface area contributed by atoms with E-state index in [1.807, 2.05) is 23.9 Å². The summed E-state index contributed by atoms with van der Waals surface area (Å²) in [5, 5.41) is 4.62. The molecule has 2 heterocycles. The second-order valence-electron chi connectivity index (χ2n) is 5.15. The van der Waals surface area contributed by atoms with E-state index in [1.54, 1.807) is 6.20 Å². The van der Waals surface area contributed by atoms with Crippen LogP contribution in [0.3, 0.4) is 0 Å². The summed E-state index contributed by atoms with van der Waals surface area (Å²) in [6, 6.07) is 6.50. The molecule has 108 valence electrons. The van der Waals surface area contributed by atoms with Crippen molar-refractivity contribution in [3.63, 3.8) is 0 Å². The lowest BCUT2D eigenvalue weighted by molar-refractivity contribution is 0.466. The number of nitrogens with one attached hydrogen (secondary N) is 1. The van der Waals surface area contributed by atoms with Gasteiger partial charge in [0.25, 0.3) is 0 Å². The van der Waals surface area contributed by atoms with Crippen molar-refractivity contribution in [3.05, 3.63) is 47.5 Å². The zero-order chi connectivity index (χ0) is 14.5. The third-order valence-electron chi connectivity index (χ3n) is 3.74. The van der Waals surface area contributed by atoms with Crippen LogP contribution in [0, 0.1) is 6.92 Å². The lowest BCUT2D eigenvalue weighted by Gasteiger charge is -2.17. The molecule has 0 saturated heterocycles. The Balaban J connectivity index is 2.15. The van der Waals surface area contributed by atoms with Gasteiger partial charge in [0.1, 0.15) is 0 Å². The van der Waals surface area contributed by atoms with Crippen LogP contribution < -0.4 is 11.3 Å². The van der Waals surface area contributed by atoms with Gasteiger partial charge in [-0.15, -0.1) is 0 Å². The maximum atomic E-state index is 5.70. The molecular formula is C15H23N5. The van der Waals surface area contributed by atoms with Crippen molar-refractivity contribution in [1.29, 1.82) is 0 Å². The van der Waals surface area contributed by atoms with Crippen LogP contribution >= 0.6 is 0 Å². The summed E-state index contributed by atoms with van der Waals surface area (Å²) in [4.78, 5) is 4.32. The molecule has 5 nitrogen and oxygen atoms in total. The molecule has 0 aliphatic rings. The van der Waals surface area contributed by atoms with E-state index in [-0.39, 0.29) is 6.04 Å². The molecule has 0 bridgehead atoms. The lowest BCUT2D eigenvalue weighted by Crippen LogP contribution is -2.30. The van der Waals surface area contributed by atoms with Gasteiger partial charge < -0.3 is 0 Å². The number of nitrogens with zero attached hydrogens (tertiary/aromatic N) is 3. The summed E-state index contributed by atoms with van der Waals surface area (Å²) >= 11 is 0. The third kappa shape index (κ3) is 3.23. The average Bonchev–Trinajstić information content (AvgIpc) is 2.93. The van der Waals surface area contributed by atoms with Crippen LogP contribution in [-0.2, 0) is 6.42 Å². The van der Waals surface area contributed by atoms with Crippen LogP contribution in [0.2, 0.25) is 0 Å². The highest BCUT2D eigenvalue weighted by molar-refractivity contribution is 5.24. The first-order chi connectivity index (χ1) is 9.65. The number of hydrazine groups is 1. The molecule has 0 radical (unpaired) electrons. The normalized spacial score (nSPS) is 14.2. The average molecular weight is 273 g/mol. The van der Waals surface area contributed by atoms with Crippen molar-refractivity contribution in [2.24, 2.45) is 5.84 Å². The van der Waals surface area contributed by atoms with E-state index < -0.39 is 0 Å². The Bertz CT molecular complexity index is 549. The van der Waals surface area contributed by atoms with E-state index in [1.165, 1.54) is 0 Å². The predicted molar refractivity (Wildman–Crippen MR) is 80.0 cm³/mol. The molecule has 0 amide bonds. The first kappa shape index (κ1) is 14.7. The van der Waals surface area contributed by atoms with Crippen molar-refractivity contribution in [3.8, 4) is 0 Å². The summed E-state index contributed by atoms with van der Waals surface area (Å²) in [6.07, 6.45) is 5.66. The number of aryl methyl sites for hydroxylation is 1. The minimum absolute atomic E-state index is 0.0315. The molecule has 0 aliphatic heterocycles. The molecule has 0 spiro atoms. The Morgan fingerprint density at radius 1 is 1.40 bits per heavy atom. The van der Waals surface area contributed by atoms with E-state index >= 15 is 0 Å². The van der Waals surface area contributed by atoms with E-state index in [9.17, 15) is 0 Å². The van der Waals surface area contributed by atoms with Crippen molar-refractivity contribution in [1.82, 2.24) is 20.2 Å². The first-order valence-corrected chi connectivity index (χ1v) is 7.07. The number of hydrogen-bond acceptors (Lipinski definition) is 4. The molecule has 2 aromatic heterocycles. The first-order valence-electron chi connectivity index (χ1n) is 7.07. The number of aromatic nitrogens is 3. The van der Waals surface area contributed by atoms with Gasteiger partial charge in [-0.25, -0.2) is 0 Å². The molecule has 0 saturated carbocycles.